The van der Waals surface area contributed by atoms with Crippen molar-refractivity contribution >= 4 is 49.8 Å². The first-order valence-corrected chi connectivity index (χ1v) is 23.7. The van der Waals surface area contributed by atoms with Crippen LogP contribution in [-0.2, 0) is 59.8 Å². The Balaban J connectivity index is 1.53. The van der Waals surface area contributed by atoms with Gasteiger partial charge in [-0.15, -0.1) is 5.06 Å². The van der Waals surface area contributed by atoms with E-state index < -0.39 is 49.2 Å². The fourth-order valence-corrected chi connectivity index (χ4v) is 8.94. The maximum Gasteiger partial charge on any atom is 0.333 e. The molecule has 3 aliphatic heterocycles. The minimum Gasteiger partial charge on any atom is -0.456 e. The molecule has 1 aliphatic carbocycles. The highest BCUT2D eigenvalue weighted by Crippen LogP contribution is 2.51. The van der Waals surface area contributed by atoms with Crippen LogP contribution < -0.4 is 14.8 Å². The summed E-state index contributed by atoms with van der Waals surface area (Å²) in [6.07, 6.45) is 7.16. The van der Waals surface area contributed by atoms with Crippen LogP contribution in [0.5, 0.6) is 0 Å². The number of fused-ring (bicyclic) bond motifs is 2. The van der Waals surface area contributed by atoms with Crippen LogP contribution in [-0.4, -0.2) is 102 Å². The lowest BCUT2D eigenvalue weighted by atomic mass is 9.77. The van der Waals surface area contributed by atoms with E-state index in [2.05, 4.69) is 37.5 Å². The van der Waals surface area contributed by atoms with Crippen LogP contribution in [0, 0.1) is 0 Å². The first-order chi connectivity index (χ1) is 29.2. The number of hydrogen-bond donors (Lipinski definition) is 2. The third kappa shape index (κ3) is 12.0. The van der Waals surface area contributed by atoms with E-state index in [1.165, 1.54) is 12.1 Å². The Labute approximate surface area is 363 Å². The van der Waals surface area contributed by atoms with Gasteiger partial charge in [0, 0.05) is 68.5 Å². The molecule has 5 rings (SSSR count). The van der Waals surface area contributed by atoms with Crippen molar-refractivity contribution in [1.29, 1.82) is 0 Å². The maximum atomic E-state index is 12.5. The summed E-state index contributed by atoms with van der Waals surface area (Å²) in [5.41, 5.74) is 2.63. The second kappa shape index (κ2) is 20.2. The summed E-state index contributed by atoms with van der Waals surface area (Å²) in [7, 11) is -5.62. The molecule has 3 heterocycles. The molecule has 1 saturated heterocycles. The highest BCUT2D eigenvalue weighted by Gasteiger charge is 2.44. The van der Waals surface area contributed by atoms with Crippen molar-refractivity contribution in [3.63, 3.8) is 0 Å². The van der Waals surface area contributed by atoms with Crippen LogP contribution in [0.15, 0.2) is 69.6 Å². The molecule has 0 bridgehead atoms. The molecular weight excluding hydrogens is 843 g/mol. The Morgan fingerprint density at radius 2 is 1.60 bits per heavy atom. The van der Waals surface area contributed by atoms with E-state index in [1.807, 2.05) is 42.2 Å². The molecular formula is C44H58N3O13S2+. The summed E-state index contributed by atoms with van der Waals surface area (Å²) in [5, 5.41) is 1.46. The number of methoxy groups -OCH3 is 2. The van der Waals surface area contributed by atoms with Gasteiger partial charge in [-0.3, -0.25) is 18.7 Å². The summed E-state index contributed by atoms with van der Waals surface area (Å²) in [4.78, 5) is 42.9. The molecule has 0 saturated carbocycles. The molecule has 2 amide bonds. The van der Waals surface area contributed by atoms with Gasteiger partial charge in [0.15, 0.2) is 13.1 Å². The quantitative estimate of drug-likeness (QED) is 0.0621. The highest BCUT2D eigenvalue weighted by molar-refractivity contribution is 7.86. The van der Waals surface area contributed by atoms with E-state index in [9.17, 15) is 40.3 Å². The van der Waals surface area contributed by atoms with Gasteiger partial charge in [-0.1, -0.05) is 33.3 Å². The minimum absolute atomic E-state index is 0.00497. The van der Waals surface area contributed by atoms with Gasteiger partial charge in [-0.25, -0.2) is 9.37 Å². The predicted molar refractivity (Wildman–Crippen MR) is 232 cm³/mol. The number of unbranched alkanes of at least 4 members (excludes halogenated alkanes) is 2. The van der Waals surface area contributed by atoms with Crippen LogP contribution in [0.25, 0.3) is 17.4 Å². The van der Waals surface area contributed by atoms with E-state index in [4.69, 9.17) is 18.7 Å². The molecule has 0 aromatic heterocycles. The van der Waals surface area contributed by atoms with E-state index in [0.717, 1.165) is 16.5 Å². The summed E-state index contributed by atoms with van der Waals surface area (Å²) in [5.74, 6) is -1.10. The van der Waals surface area contributed by atoms with Crippen LogP contribution in [0.4, 0.5) is 5.69 Å². The summed E-state index contributed by atoms with van der Waals surface area (Å²) in [6, 6.07) is 12.4. The lowest BCUT2D eigenvalue weighted by Gasteiger charge is -2.30. The first-order valence-electron chi connectivity index (χ1n) is 20.6. The molecule has 16 nitrogen and oxygen atoms in total. The number of rotatable bonds is 20. The average molecular weight is 901 g/mol. The molecule has 1 aromatic rings. The van der Waals surface area contributed by atoms with Crippen molar-refractivity contribution in [2.45, 2.75) is 94.8 Å². The van der Waals surface area contributed by atoms with Crippen molar-refractivity contribution in [3.05, 3.63) is 82.6 Å². The predicted octanol–water partition coefficient (Wildman–Crippen LogP) is 5.50. The Morgan fingerprint density at radius 3 is 2.21 bits per heavy atom. The summed E-state index contributed by atoms with van der Waals surface area (Å²) >= 11 is 0. The van der Waals surface area contributed by atoms with Gasteiger partial charge in [0.2, 0.25) is 5.36 Å². The fraction of sp³-hybridized carbons (Fsp3) is 0.500. The second-order valence-corrected chi connectivity index (χ2v) is 19.8. The Morgan fingerprint density at radius 1 is 0.919 bits per heavy atom. The number of nitrogens with zero attached hydrogens (tertiary/aromatic N) is 3. The highest BCUT2D eigenvalue weighted by atomic mass is 32.2. The second-order valence-electron chi connectivity index (χ2n) is 16.8. The molecule has 4 aliphatic rings. The largest absolute Gasteiger partial charge is 0.456 e. The molecule has 1 unspecified atom stereocenters. The molecule has 62 heavy (non-hydrogen) atoms. The molecule has 0 radical (unpaired) electrons. The average Bonchev–Trinajstić information content (AvgIpc) is 3.63. The summed E-state index contributed by atoms with van der Waals surface area (Å²) < 4.78 is 87.5. The van der Waals surface area contributed by atoms with Crippen molar-refractivity contribution in [3.8, 4) is 11.3 Å². The number of hydroxylamine groups is 2. The van der Waals surface area contributed by atoms with Gasteiger partial charge in [0.1, 0.15) is 24.7 Å². The topological polar surface area (TPSA) is 210 Å². The van der Waals surface area contributed by atoms with E-state index in [0.29, 0.717) is 85.6 Å². The minimum atomic E-state index is -4.61. The number of hydrogen-bond acceptors (Lipinski definition) is 12. The number of carbonyl (C=O) groups is 3. The third-order valence-corrected chi connectivity index (χ3v) is 12.8. The Hall–Kier alpha value is -4.72. The number of amides is 2. The third-order valence-electron chi connectivity index (χ3n) is 11.1. The molecule has 338 valence electrons. The molecule has 18 heteroatoms. The fourth-order valence-electron chi connectivity index (χ4n) is 7.93. The lowest BCUT2D eigenvalue weighted by molar-refractivity contribution is -0.197. The van der Waals surface area contributed by atoms with Crippen LogP contribution >= 0.6 is 0 Å². The van der Waals surface area contributed by atoms with Crippen LogP contribution in [0.3, 0.4) is 0 Å². The Bertz CT molecular complexity index is 2440. The normalized spacial score (nSPS) is 17.8. The zero-order chi connectivity index (χ0) is 45.5. The molecule has 0 spiro atoms. The Kier molecular flexibility index (Phi) is 15.7. The molecule has 1 aromatic carbocycles. The monoisotopic (exact) mass is 900 g/mol. The first kappa shape index (κ1) is 48.3. The summed E-state index contributed by atoms with van der Waals surface area (Å²) in [6.45, 7) is 11.0. The zero-order valence-electron chi connectivity index (χ0n) is 36.2. The number of anilines is 1. The van der Waals surface area contributed by atoms with Crippen molar-refractivity contribution in [2.75, 3.05) is 57.7 Å². The SMILES string of the molecule is COCC[N+](CCOC)=c1ccc2c(C(C)(C)C)cc(/C=C/C=C3/N(CCCCCC(=O)ON4C(=O)CCC4=O)c4ccc(S(=O)(=O)O)cc4C3(C)CCCS(=O)(=O)O)oc-2c1. The lowest BCUT2D eigenvalue weighted by Crippen LogP contribution is -2.35. The van der Waals surface area contributed by atoms with Gasteiger partial charge in [-0.05, 0) is 91.6 Å². The number of allylic oxidation sites excluding steroid dienone is 3. The zero-order valence-corrected chi connectivity index (χ0v) is 37.8. The number of benzene rings is 2. The number of imide groups is 1. The van der Waals surface area contributed by atoms with Gasteiger partial charge in [0.05, 0.1) is 16.7 Å². The molecule has 1 fully saturated rings. The van der Waals surface area contributed by atoms with E-state index >= 15 is 0 Å². The van der Waals surface area contributed by atoms with Gasteiger partial charge >= 0.3 is 5.97 Å². The number of ether oxygens (including phenoxy) is 2. The molecule has 2 N–H and O–H groups in total. The van der Waals surface area contributed by atoms with Crippen molar-refractivity contribution in [2.24, 2.45) is 0 Å². The van der Waals surface area contributed by atoms with E-state index in [1.54, 1.807) is 20.3 Å². The van der Waals surface area contributed by atoms with Crippen LogP contribution in [0.2, 0.25) is 0 Å². The van der Waals surface area contributed by atoms with Crippen molar-refractivity contribution in [1.82, 2.24) is 9.64 Å². The number of carbonyl (C=O) groups excluding carboxylic acids is 3. The smallest absolute Gasteiger partial charge is 0.333 e. The van der Waals surface area contributed by atoms with E-state index in [-0.39, 0.29) is 42.4 Å². The maximum absolute atomic E-state index is 12.5. The van der Waals surface area contributed by atoms with Crippen LogP contribution in [0.1, 0.15) is 95.9 Å². The standard InChI is InChI=1S/C44H57N3O13S2/c1-43(2,3)35-29-32(59-38-28-31(15-17-34(35)38)45(23-25-57-5)24-26-58-6)12-10-13-39-44(4,21-11-27-61(51,52)53)36-30-33(62(54,55)56)16-18-37(36)46(39)22-9-7-8-14-42(50)60-47-40(48)19-20-41(47)49/h10,12-13,15-18,28-30H,7-9,11,14,19-27H2,1-6H3,(H-,51,52,53,54,55,56)/p+1. The van der Waals surface area contributed by atoms with Gasteiger partial charge < -0.3 is 23.6 Å². The van der Waals surface area contributed by atoms with Gasteiger partial charge in [0.25, 0.3) is 32.1 Å². The molecule has 1 atom stereocenters. The van der Waals surface area contributed by atoms with Gasteiger partial charge in [-0.2, -0.15) is 16.8 Å². The van der Waals surface area contributed by atoms with Crippen molar-refractivity contribution < 1.29 is 59.1 Å².